The smallest absolute Gasteiger partial charge is 0.162 e. The van der Waals surface area contributed by atoms with Crippen molar-refractivity contribution >= 4 is 11.6 Å². The molecule has 1 rings (SSSR count). The largest absolute Gasteiger partial charge is 0.504 e. The van der Waals surface area contributed by atoms with Crippen LogP contribution in [0, 0.1) is 5.92 Å². The number of phenols is 1. The molecule has 102 valence electrons. The Labute approximate surface area is 113 Å². The summed E-state index contributed by atoms with van der Waals surface area (Å²) >= 11 is 5.92. The van der Waals surface area contributed by atoms with Crippen LogP contribution in [0.5, 0.6) is 11.5 Å². The Morgan fingerprint density at radius 1 is 1.39 bits per heavy atom. The number of methoxy groups -OCH3 is 1. The standard InChI is InChI=1S/C13H20ClNO3/c1-8(2)11(16)7-15-6-9-4-10(14)5-12(18-3)13(9)17/h4-5,8,11,15-17H,6-7H2,1-3H3. The number of aliphatic hydroxyl groups excluding tert-OH is 1. The van der Waals surface area contributed by atoms with Gasteiger partial charge in [0.2, 0.25) is 0 Å². The van der Waals surface area contributed by atoms with Gasteiger partial charge in [-0.15, -0.1) is 0 Å². The van der Waals surface area contributed by atoms with Crippen LogP contribution in [-0.2, 0) is 6.54 Å². The van der Waals surface area contributed by atoms with Crippen molar-refractivity contribution in [3.05, 3.63) is 22.7 Å². The quantitative estimate of drug-likeness (QED) is 0.743. The maximum Gasteiger partial charge on any atom is 0.162 e. The Balaban J connectivity index is 2.65. The number of hydrogen-bond donors (Lipinski definition) is 3. The molecule has 5 heteroatoms. The Morgan fingerprint density at radius 3 is 2.61 bits per heavy atom. The van der Waals surface area contributed by atoms with Crippen LogP contribution in [-0.4, -0.2) is 30.0 Å². The third-order valence-electron chi connectivity index (χ3n) is 2.78. The molecule has 1 aromatic carbocycles. The van der Waals surface area contributed by atoms with Crippen molar-refractivity contribution in [3.8, 4) is 11.5 Å². The molecule has 18 heavy (non-hydrogen) atoms. The topological polar surface area (TPSA) is 61.7 Å². The molecule has 0 radical (unpaired) electrons. The highest BCUT2D eigenvalue weighted by molar-refractivity contribution is 6.30. The van der Waals surface area contributed by atoms with Crippen LogP contribution < -0.4 is 10.1 Å². The first-order valence-corrected chi connectivity index (χ1v) is 6.27. The normalized spacial score (nSPS) is 12.8. The number of nitrogens with one attached hydrogen (secondary N) is 1. The van der Waals surface area contributed by atoms with E-state index in [1.54, 1.807) is 12.1 Å². The van der Waals surface area contributed by atoms with Crippen LogP contribution in [0.2, 0.25) is 5.02 Å². The number of phenolic OH excluding ortho intramolecular Hbond substituents is 1. The van der Waals surface area contributed by atoms with Gasteiger partial charge in [-0.1, -0.05) is 25.4 Å². The first-order chi connectivity index (χ1) is 8.45. The number of hydrogen-bond acceptors (Lipinski definition) is 4. The summed E-state index contributed by atoms with van der Waals surface area (Å²) in [7, 11) is 1.48. The second-order valence-corrected chi connectivity index (χ2v) is 4.99. The molecule has 4 nitrogen and oxygen atoms in total. The molecule has 0 aliphatic carbocycles. The van der Waals surface area contributed by atoms with Crippen molar-refractivity contribution in [1.82, 2.24) is 5.32 Å². The van der Waals surface area contributed by atoms with Crippen LogP contribution in [0.15, 0.2) is 12.1 Å². The summed E-state index contributed by atoms with van der Waals surface area (Å²) in [5.41, 5.74) is 0.648. The molecule has 0 aliphatic rings. The third kappa shape index (κ3) is 4.05. The molecule has 0 amide bonds. The van der Waals surface area contributed by atoms with Crippen molar-refractivity contribution in [2.24, 2.45) is 5.92 Å². The van der Waals surface area contributed by atoms with E-state index in [1.807, 2.05) is 13.8 Å². The summed E-state index contributed by atoms with van der Waals surface area (Å²) in [5, 5.41) is 23.1. The first-order valence-electron chi connectivity index (χ1n) is 5.89. The summed E-state index contributed by atoms with van der Waals surface area (Å²) in [6.07, 6.45) is -0.409. The van der Waals surface area contributed by atoms with E-state index in [4.69, 9.17) is 16.3 Å². The van der Waals surface area contributed by atoms with Crippen molar-refractivity contribution < 1.29 is 14.9 Å². The summed E-state index contributed by atoms with van der Waals surface area (Å²) < 4.78 is 5.02. The number of aromatic hydroxyl groups is 1. The third-order valence-corrected chi connectivity index (χ3v) is 3.00. The van der Waals surface area contributed by atoms with Crippen molar-refractivity contribution in [2.45, 2.75) is 26.5 Å². The summed E-state index contributed by atoms with van der Waals surface area (Å²) in [5.74, 6) is 0.622. The maximum absolute atomic E-state index is 9.90. The van der Waals surface area contributed by atoms with E-state index in [-0.39, 0.29) is 11.7 Å². The van der Waals surface area contributed by atoms with Gasteiger partial charge in [0.15, 0.2) is 11.5 Å². The van der Waals surface area contributed by atoms with Gasteiger partial charge in [-0.05, 0) is 12.0 Å². The minimum absolute atomic E-state index is 0.0773. The fraction of sp³-hybridized carbons (Fsp3) is 0.538. The van der Waals surface area contributed by atoms with Crippen LogP contribution in [0.4, 0.5) is 0 Å². The fourth-order valence-corrected chi connectivity index (χ4v) is 1.74. The molecule has 0 saturated heterocycles. The minimum atomic E-state index is -0.409. The van der Waals surface area contributed by atoms with Crippen molar-refractivity contribution in [1.29, 1.82) is 0 Å². The Morgan fingerprint density at radius 2 is 2.06 bits per heavy atom. The van der Waals surface area contributed by atoms with Crippen LogP contribution in [0.25, 0.3) is 0 Å². The van der Waals surface area contributed by atoms with Crippen LogP contribution >= 0.6 is 11.6 Å². The first kappa shape index (κ1) is 15.1. The Bertz CT molecular complexity index is 396. The van der Waals surface area contributed by atoms with Gasteiger partial charge in [0.05, 0.1) is 13.2 Å². The number of aliphatic hydroxyl groups is 1. The van der Waals surface area contributed by atoms with E-state index in [9.17, 15) is 10.2 Å². The zero-order chi connectivity index (χ0) is 13.7. The van der Waals surface area contributed by atoms with Crippen molar-refractivity contribution in [3.63, 3.8) is 0 Å². The lowest BCUT2D eigenvalue weighted by Crippen LogP contribution is -2.30. The Hall–Kier alpha value is -0.970. The van der Waals surface area contributed by atoms with Gasteiger partial charge in [0, 0.05) is 29.7 Å². The van der Waals surface area contributed by atoms with Gasteiger partial charge in [0.1, 0.15) is 0 Å². The summed E-state index contributed by atoms with van der Waals surface area (Å²) in [4.78, 5) is 0. The van der Waals surface area contributed by atoms with Gasteiger partial charge < -0.3 is 20.3 Å². The minimum Gasteiger partial charge on any atom is -0.504 e. The average Bonchev–Trinajstić information content (AvgIpc) is 2.32. The molecule has 0 heterocycles. The SMILES string of the molecule is COc1cc(Cl)cc(CNCC(O)C(C)C)c1O. The summed E-state index contributed by atoms with van der Waals surface area (Å²) in [6, 6.07) is 3.23. The van der Waals surface area contributed by atoms with Gasteiger partial charge in [-0.3, -0.25) is 0 Å². The molecule has 3 N–H and O–H groups in total. The molecule has 1 unspecified atom stereocenters. The molecular formula is C13H20ClNO3. The van der Waals surface area contributed by atoms with E-state index in [0.717, 1.165) is 0 Å². The van der Waals surface area contributed by atoms with Gasteiger partial charge in [-0.2, -0.15) is 0 Å². The molecule has 0 aliphatic heterocycles. The lowest BCUT2D eigenvalue weighted by atomic mass is 10.1. The molecule has 0 spiro atoms. The zero-order valence-electron chi connectivity index (χ0n) is 10.9. The second kappa shape index (κ2) is 6.83. The highest BCUT2D eigenvalue weighted by Crippen LogP contribution is 2.33. The molecule has 0 saturated carbocycles. The monoisotopic (exact) mass is 273 g/mol. The highest BCUT2D eigenvalue weighted by Gasteiger charge is 2.12. The molecular weight excluding hydrogens is 254 g/mol. The highest BCUT2D eigenvalue weighted by atomic mass is 35.5. The lowest BCUT2D eigenvalue weighted by Gasteiger charge is -2.16. The van der Waals surface area contributed by atoms with Crippen molar-refractivity contribution in [2.75, 3.05) is 13.7 Å². The van der Waals surface area contributed by atoms with Crippen LogP contribution in [0.3, 0.4) is 0 Å². The van der Waals surface area contributed by atoms with Crippen LogP contribution in [0.1, 0.15) is 19.4 Å². The molecule has 1 aromatic rings. The molecule has 1 atom stereocenters. The number of benzene rings is 1. The van der Waals surface area contributed by atoms with E-state index in [2.05, 4.69) is 5.32 Å². The van der Waals surface area contributed by atoms with E-state index >= 15 is 0 Å². The second-order valence-electron chi connectivity index (χ2n) is 4.56. The number of halogens is 1. The zero-order valence-corrected chi connectivity index (χ0v) is 11.7. The van der Waals surface area contributed by atoms with Gasteiger partial charge >= 0.3 is 0 Å². The average molecular weight is 274 g/mol. The van der Waals surface area contributed by atoms with Gasteiger partial charge in [-0.25, -0.2) is 0 Å². The fourth-order valence-electron chi connectivity index (χ4n) is 1.51. The maximum atomic E-state index is 9.90. The molecule has 0 aromatic heterocycles. The molecule has 0 fully saturated rings. The van der Waals surface area contributed by atoms with E-state index < -0.39 is 6.10 Å². The number of rotatable bonds is 6. The summed E-state index contributed by atoms with van der Waals surface area (Å²) in [6.45, 7) is 4.79. The predicted molar refractivity (Wildman–Crippen MR) is 72.2 cm³/mol. The van der Waals surface area contributed by atoms with Gasteiger partial charge in [0.25, 0.3) is 0 Å². The molecule has 0 bridgehead atoms. The van der Waals surface area contributed by atoms with E-state index in [0.29, 0.717) is 29.4 Å². The predicted octanol–water partition coefficient (Wildman–Crippen LogP) is 2.16. The van der Waals surface area contributed by atoms with E-state index in [1.165, 1.54) is 7.11 Å². The lowest BCUT2D eigenvalue weighted by molar-refractivity contribution is 0.123. The Kier molecular flexibility index (Phi) is 5.72. The number of ether oxygens (including phenoxy) is 1.